The van der Waals surface area contributed by atoms with Gasteiger partial charge in [0.2, 0.25) is 0 Å². The predicted molar refractivity (Wildman–Crippen MR) is 229 cm³/mol. The predicted octanol–water partition coefficient (Wildman–Crippen LogP) is 11.5. The molecule has 250 valence electrons. The van der Waals surface area contributed by atoms with Crippen molar-refractivity contribution in [2.24, 2.45) is 15.5 Å². The van der Waals surface area contributed by atoms with Crippen LogP contribution in [-0.2, 0) is 0 Å². The zero-order chi connectivity index (χ0) is 35.3. The fourth-order valence-corrected chi connectivity index (χ4v) is 8.30. The molecule has 53 heavy (non-hydrogen) atoms. The van der Waals surface area contributed by atoms with E-state index in [4.69, 9.17) is 15.5 Å². The highest BCUT2D eigenvalue weighted by atomic mass is 31.1. The molecule has 0 aliphatic rings. The molecule has 0 radical (unpaired) electrons. The van der Waals surface area contributed by atoms with Gasteiger partial charge in [0.05, 0.1) is 11.0 Å². The molecule has 5 heteroatoms. The molecule has 0 amide bonds. The summed E-state index contributed by atoms with van der Waals surface area (Å²) in [5, 5.41) is 13.0. The van der Waals surface area contributed by atoms with Gasteiger partial charge in [-0.1, -0.05) is 133 Å². The quantitative estimate of drug-likeness (QED) is 0.109. The normalized spacial score (nSPS) is 12.8. The number of fused-ring (bicyclic) bond motifs is 7. The zero-order valence-corrected chi connectivity index (χ0v) is 29.7. The van der Waals surface area contributed by atoms with E-state index in [0.717, 1.165) is 38.3 Å². The molecule has 0 fully saturated rings. The maximum atomic E-state index is 6.88. The van der Waals surface area contributed by atoms with Crippen LogP contribution in [-0.4, -0.2) is 16.2 Å². The number of hydrogen-bond acceptors (Lipinski definition) is 1. The van der Waals surface area contributed by atoms with E-state index in [1.54, 1.807) is 0 Å². The molecule has 0 aliphatic carbocycles. The molecule has 0 aliphatic heterocycles. The molecule has 1 aromatic heterocycles. The number of nitrogens with two attached hydrogens (primary N) is 1. The van der Waals surface area contributed by atoms with Gasteiger partial charge in [-0.25, -0.2) is 9.76 Å². The van der Waals surface area contributed by atoms with Gasteiger partial charge >= 0.3 is 0 Å². The Morgan fingerprint density at radius 1 is 0.434 bits per heavy atom. The highest BCUT2D eigenvalue weighted by Crippen LogP contribution is 2.35. The average molecular weight is 697 g/mol. The van der Waals surface area contributed by atoms with Crippen molar-refractivity contribution in [2.75, 3.05) is 0 Å². The third-order valence-corrected chi connectivity index (χ3v) is 11.1. The van der Waals surface area contributed by atoms with Gasteiger partial charge in [0.1, 0.15) is 5.84 Å². The molecular weight excluding hydrogens is 664 g/mol. The van der Waals surface area contributed by atoms with Crippen LogP contribution in [0.15, 0.2) is 192 Å². The molecule has 0 spiro atoms. The van der Waals surface area contributed by atoms with E-state index in [2.05, 4.69) is 187 Å². The summed E-state index contributed by atoms with van der Waals surface area (Å²) in [7, 11) is 0.177. The summed E-state index contributed by atoms with van der Waals surface area (Å²) in [5.41, 5.74) is 12.1. The second-order valence-corrected chi connectivity index (χ2v) is 14.5. The first-order chi connectivity index (χ1) is 26.1. The van der Waals surface area contributed by atoms with Gasteiger partial charge in [-0.2, -0.15) is 0 Å². The van der Waals surface area contributed by atoms with E-state index < -0.39 is 0 Å². The van der Waals surface area contributed by atoms with Gasteiger partial charge in [0.15, 0.2) is 5.84 Å². The summed E-state index contributed by atoms with van der Waals surface area (Å²) in [6.45, 7) is 0. The van der Waals surface area contributed by atoms with Crippen LogP contribution in [0.3, 0.4) is 0 Å². The van der Waals surface area contributed by atoms with Crippen LogP contribution < -0.4 is 11.0 Å². The lowest BCUT2D eigenvalue weighted by Crippen LogP contribution is -2.16. The summed E-state index contributed by atoms with van der Waals surface area (Å²) < 4.78 is 7.48. The van der Waals surface area contributed by atoms with Crippen LogP contribution in [0.5, 0.6) is 0 Å². The molecule has 0 bridgehead atoms. The SMILES string of the molecule is NC(=NC(=NPc1ccc2ccccc2c1)c1ccc2ccccc2c1)c1ccc2ccc(-n3c4ccccc4c4cc5ccccc5cc43)cc2c1. The molecule has 10 aromatic rings. The van der Waals surface area contributed by atoms with Crippen molar-refractivity contribution in [3.63, 3.8) is 0 Å². The third kappa shape index (κ3) is 5.70. The van der Waals surface area contributed by atoms with E-state index >= 15 is 0 Å². The molecule has 10 rings (SSSR count). The Kier molecular flexibility index (Phi) is 7.56. The summed E-state index contributed by atoms with van der Waals surface area (Å²) in [4.78, 5) is 5.04. The summed E-state index contributed by atoms with van der Waals surface area (Å²) in [6.07, 6.45) is 0. The van der Waals surface area contributed by atoms with Crippen molar-refractivity contribution >= 4 is 90.6 Å². The maximum Gasteiger partial charge on any atom is 0.160 e. The Morgan fingerprint density at radius 3 is 1.77 bits per heavy atom. The number of aliphatic imine (C=N–C) groups is 1. The largest absolute Gasteiger partial charge is 0.383 e. The lowest BCUT2D eigenvalue weighted by atomic mass is 10.0. The number of para-hydroxylation sites is 1. The van der Waals surface area contributed by atoms with Gasteiger partial charge in [0, 0.05) is 36.3 Å². The first kappa shape index (κ1) is 31.2. The minimum atomic E-state index is 0.177. The average Bonchev–Trinajstić information content (AvgIpc) is 3.53. The van der Waals surface area contributed by atoms with Crippen LogP contribution in [0.4, 0.5) is 0 Å². The zero-order valence-electron chi connectivity index (χ0n) is 28.7. The Hall–Kier alpha value is -6.61. The molecule has 9 aromatic carbocycles. The van der Waals surface area contributed by atoms with Crippen molar-refractivity contribution in [3.8, 4) is 5.69 Å². The lowest BCUT2D eigenvalue weighted by molar-refractivity contribution is 1.19. The minimum absolute atomic E-state index is 0.177. The molecule has 0 saturated carbocycles. The van der Waals surface area contributed by atoms with Crippen LogP contribution in [0, 0.1) is 0 Å². The van der Waals surface area contributed by atoms with Crippen molar-refractivity contribution in [2.45, 2.75) is 0 Å². The van der Waals surface area contributed by atoms with E-state index in [9.17, 15) is 0 Å². The summed E-state index contributed by atoms with van der Waals surface area (Å²) >= 11 is 0. The van der Waals surface area contributed by atoms with Crippen molar-refractivity contribution in [1.82, 2.24) is 4.57 Å². The smallest absolute Gasteiger partial charge is 0.160 e. The second kappa shape index (κ2) is 12.9. The minimum Gasteiger partial charge on any atom is -0.383 e. The van der Waals surface area contributed by atoms with Gasteiger partial charge in [-0.3, -0.25) is 0 Å². The van der Waals surface area contributed by atoms with E-state index in [0.29, 0.717) is 11.7 Å². The van der Waals surface area contributed by atoms with Crippen LogP contribution in [0.25, 0.3) is 70.6 Å². The fourth-order valence-electron chi connectivity index (χ4n) is 7.50. The van der Waals surface area contributed by atoms with Gasteiger partial charge in [0.25, 0.3) is 0 Å². The topological polar surface area (TPSA) is 55.7 Å². The number of hydrogen-bond donors (Lipinski definition) is 1. The van der Waals surface area contributed by atoms with Crippen molar-refractivity contribution in [1.29, 1.82) is 0 Å². The van der Waals surface area contributed by atoms with Crippen LogP contribution >= 0.6 is 8.73 Å². The number of nitrogens with zero attached hydrogens (tertiary/aromatic N) is 3. The van der Waals surface area contributed by atoms with E-state index in [-0.39, 0.29) is 8.73 Å². The Morgan fingerprint density at radius 2 is 1.00 bits per heavy atom. The number of aromatic nitrogens is 1. The number of amidine groups is 2. The highest BCUT2D eigenvalue weighted by Gasteiger charge is 2.14. The number of benzene rings is 9. The maximum absolute atomic E-state index is 6.88. The van der Waals surface area contributed by atoms with Crippen molar-refractivity contribution < 1.29 is 0 Å². The first-order valence-electron chi connectivity index (χ1n) is 17.8. The molecule has 0 saturated heterocycles. The van der Waals surface area contributed by atoms with Crippen LogP contribution in [0.1, 0.15) is 11.1 Å². The van der Waals surface area contributed by atoms with Gasteiger partial charge in [-0.05, 0) is 96.9 Å². The molecule has 1 atom stereocenters. The summed E-state index contributed by atoms with van der Waals surface area (Å²) in [6, 6.07) is 64.5. The fraction of sp³-hybridized carbons (Fsp3) is 0. The molecule has 1 unspecified atom stereocenters. The molecule has 4 nitrogen and oxygen atoms in total. The third-order valence-electron chi connectivity index (χ3n) is 10.2. The van der Waals surface area contributed by atoms with Crippen LogP contribution in [0.2, 0.25) is 0 Å². The highest BCUT2D eigenvalue weighted by molar-refractivity contribution is 7.46. The molecular formula is C48H33N4P. The Balaban J connectivity index is 1.07. The summed E-state index contributed by atoms with van der Waals surface area (Å²) in [5.74, 6) is 1.04. The molecule has 1 heterocycles. The van der Waals surface area contributed by atoms with E-state index in [1.807, 2.05) is 0 Å². The van der Waals surface area contributed by atoms with Gasteiger partial charge in [-0.15, -0.1) is 0 Å². The Labute approximate surface area is 308 Å². The monoisotopic (exact) mass is 696 g/mol. The standard InChI is InChI=1S/C48H33N4P/c49-47(50-48(39-20-18-31-9-1-3-11-34(31)25-39)51-53-42-24-22-32-10-2-4-12-35(32)28-42)38-19-17-33-21-23-41(27-40(33)26-38)52-45-16-8-7-15-43(45)44-29-36-13-5-6-14-37(36)30-46(44)52/h1-30,53H,(H2,49,50,51). The Bertz CT molecular complexity index is 3120. The second-order valence-electron chi connectivity index (χ2n) is 13.5. The lowest BCUT2D eigenvalue weighted by Gasteiger charge is -2.11. The van der Waals surface area contributed by atoms with E-state index in [1.165, 1.54) is 48.7 Å². The first-order valence-corrected chi connectivity index (χ1v) is 18.7. The van der Waals surface area contributed by atoms with Gasteiger partial charge < -0.3 is 10.3 Å². The van der Waals surface area contributed by atoms with Crippen molar-refractivity contribution in [3.05, 3.63) is 193 Å². The number of rotatable bonds is 5. The molecule has 2 N–H and O–H groups in total.